The minimum Gasteiger partial charge on any atom is -0.383 e. The second kappa shape index (κ2) is 7.41. The number of hydrogen-bond donors (Lipinski definition) is 2. The Labute approximate surface area is 148 Å². The van der Waals surface area contributed by atoms with Crippen LogP contribution in [-0.2, 0) is 14.8 Å². The van der Waals surface area contributed by atoms with Gasteiger partial charge in [-0.05, 0) is 36.5 Å². The number of carbonyl (C=O) groups excluding carboxylic acids is 1. The Morgan fingerprint density at radius 1 is 1.32 bits per heavy atom. The zero-order chi connectivity index (χ0) is 18.0. The third kappa shape index (κ3) is 3.87. The van der Waals surface area contributed by atoms with Gasteiger partial charge in [-0.3, -0.25) is 4.79 Å². The smallest absolute Gasteiger partial charge is 0.254 e. The second-order valence-electron chi connectivity index (χ2n) is 6.76. The second-order valence-corrected chi connectivity index (χ2v) is 8.52. The third-order valence-electron chi connectivity index (χ3n) is 5.02. The molecule has 3 rings (SSSR count). The highest BCUT2D eigenvalue weighted by atomic mass is 32.2. The maximum Gasteiger partial charge on any atom is 0.254 e. The number of carbonyl (C=O) groups is 1. The number of benzene rings is 1. The van der Waals surface area contributed by atoms with E-state index in [-0.39, 0.29) is 17.3 Å². The summed E-state index contributed by atoms with van der Waals surface area (Å²) < 4.78 is 32.1. The molecular formula is C17H25N3O4S. The number of ether oxygens (including phenoxy) is 1. The molecule has 0 aliphatic carbocycles. The van der Waals surface area contributed by atoms with Crippen LogP contribution in [0.25, 0.3) is 0 Å². The number of rotatable bonds is 6. The molecule has 2 atom stereocenters. The van der Waals surface area contributed by atoms with Crippen LogP contribution in [0.3, 0.4) is 0 Å². The lowest BCUT2D eigenvalue weighted by atomic mass is 10.0. The van der Waals surface area contributed by atoms with Gasteiger partial charge in [0.15, 0.2) is 0 Å². The molecular weight excluding hydrogens is 342 g/mol. The molecule has 2 heterocycles. The molecule has 0 aromatic heterocycles. The van der Waals surface area contributed by atoms with Crippen molar-refractivity contribution in [2.24, 2.45) is 11.8 Å². The van der Waals surface area contributed by atoms with Gasteiger partial charge in [0.1, 0.15) is 0 Å². The highest BCUT2D eigenvalue weighted by molar-refractivity contribution is 7.89. The number of likely N-dealkylation sites (tertiary alicyclic amines) is 1. The number of aryl methyl sites for hydroxylation is 1. The van der Waals surface area contributed by atoms with E-state index >= 15 is 0 Å². The van der Waals surface area contributed by atoms with Gasteiger partial charge in [0.25, 0.3) is 5.91 Å². The lowest BCUT2D eigenvalue weighted by molar-refractivity contribution is 0.0780. The number of fused-ring (bicyclic) bond motifs is 1. The highest BCUT2D eigenvalue weighted by Crippen LogP contribution is 2.28. The molecule has 0 radical (unpaired) electrons. The number of sulfonamides is 1. The highest BCUT2D eigenvalue weighted by Gasteiger charge is 2.38. The fourth-order valence-electron chi connectivity index (χ4n) is 3.55. The molecule has 2 aliphatic rings. The molecule has 8 heteroatoms. The van der Waals surface area contributed by atoms with Crippen molar-refractivity contribution >= 4 is 15.9 Å². The van der Waals surface area contributed by atoms with E-state index < -0.39 is 10.0 Å². The van der Waals surface area contributed by atoms with Crippen molar-refractivity contribution < 1.29 is 17.9 Å². The summed E-state index contributed by atoms with van der Waals surface area (Å²) in [6.45, 7) is 5.69. The average molecular weight is 367 g/mol. The van der Waals surface area contributed by atoms with Gasteiger partial charge in [-0.15, -0.1) is 0 Å². The van der Waals surface area contributed by atoms with Gasteiger partial charge in [-0.1, -0.05) is 6.07 Å². The number of hydrogen-bond acceptors (Lipinski definition) is 5. The first kappa shape index (κ1) is 18.3. The summed E-state index contributed by atoms with van der Waals surface area (Å²) in [6.07, 6.45) is 0. The van der Waals surface area contributed by atoms with Gasteiger partial charge in [0.05, 0.1) is 11.5 Å². The van der Waals surface area contributed by atoms with Gasteiger partial charge in [-0.2, -0.15) is 0 Å². The van der Waals surface area contributed by atoms with E-state index in [2.05, 4.69) is 10.0 Å². The molecule has 0 unspecified atom stereocenters. The lowest BCUT2D eigenvalue weighted by Gasteiger charge is -2.19. The molecule has 0 bridgehead atoms. The largest absolute Gasteiger partial charge is 0.383 e. The molecule has 1 aromatic rings. The lowest BCUT2D eigenvalue weighted by Crippen LogP contribution is -2.32. The van der Waals surface area contributed by atoms with Gasteiger partial charge in [0.2, 0.25) is 10.0 Å². The van der Waals surface area contributed by atoms with E-state index in [0.29, 0.717) is 24.0 Å². The number of methoxy groups -OCH3 is 1. The Hall–Kier alpha value is -1.48. The Morgan fingerprint density at radius 3 is 2.64 bits per heavy atom. The summed E-state index contributed by atoms with van der Waals surface area (Å²) in [5, 5.41) is 3.35. The molecule has 25 heavy (non-hydrogen) atoms. The van der Waals surface area contributed by atoms with E-state index in [1.165, 1.54) is 19.2 Å². The summed E-state index contributed by atoms with van der Waals surface area (Å²) in [4.78, 5) is 14.9. The minimum absolute atomic E-state index is 0.0826. The molecule has 138 valence electrons. The van der Waals surface area contributed by atoms with E-state index in [4.69, 9.17) is 4.74 Å². The molecule has 0 saturated carbocycles. The van der Waals surface area contributed by atoms with Crippen LogP contribution in [0.15, 0.2) is 23.1 Å². The zero-order valence-electron chi connectivity index (χ0n) is 14.6. The number of nitrogens with zero attached hydrogens (tertiary/aromatic N) is 1. The van der Waals surface area contributed by atoms with E-state index in [1.807, 2.05) is 11.8 Å². The summed E-state index contributed by atoms with van der Waals surface area (Å²) in [5.41, 5.74) is 1.25. The van der Waals surface area contributed by atoms with Crippen LogP contribution in [0.5, 0.6) is 0 Å². The first-order chi connectivity index (χ1) is 11.9. The predicted octanol–water partition coefficient (Wildman–Crippen LogP) is 0.211. The van der Waals surface area contributed by atoms with Crippen LogP contribution in [0, 0.1) is 18.8 Å². The van der Waals surface area contributed by atoms with Crippen molar-refractivity contribution in [3.63, 3.8) is 0 Å². The monoisotopic (exact) mass is 367 g/mol. The third-order valence-corrected chi connectivity index (χ3v) is 6.48. The summed E-state index contributed by atoms with van der Waals surface area (Å²) >= 11 is 0. The Kier molecular flexibility index (Phi) is 5.43. The molecule has 7 nitrogen and oxygen atoms in total. The molecule has 2 N–H and O–H groups in total. The Bertz CT molecular complexity index is 738. The summed E-state index contributed by atoms with van der Waals surface area (Å²) in [7, 11) is -2.14. The van der Waals surface area contributed by atoms with Gasteiger partial charge in [-0.25, -0.2) is 13.1 Å². The van der Waals surface area contributed by atoms with E-state index in [9.17, 15) is 13.2 Å². The minimum atomic E-state index is -3.65. The number of amides is 1. The summed E-state index contributed by atoms with van der Waals surface area (Å²) in [5.74, 6) is 0.930. The normalized spacial score (nSPS) is 23.0. The fourth-order valence-corrected chi connectivity index (χ4v) is 4.59. The Balaban J connectivity index is 1.78. The predicted molar refractivity (Wildman–Crippen MR) is 94.0 cm³/mol. The SMILES string of the molecule is COCCNS(=O)(=O)c1ccc(C)c(C(=O)N2C[C@H]3CNC[C@H]3C2)c1. The summed E-state index contributed by atoms with van der Waals surface area (Å²) in [6, 6.07) is 4.71. The first-order valence-electron chi connectivity index (χ1n) is 8.51. The van der Waals surface area contributed by atoms with Crippen molar-refractivity contribution in [1.82, 2.24) is 14.9 Å². The first-order valence-corrected chi connectivity index (χ1v) is 10.00. The van der Waals surface area contributed by atoms with Crippen molar-refractivity contribution in [2.45, 2.75) is 11.8 Å². The topological polar surface area (TPSA) is 87.7 Å². The van der Waals surface area contributed by atoms with Crippen LogP contribution < -0.4 is 10.0 Å². The maximum absolute atomic E-state index is 12.9. The number of nitrogens with one attached hydrogen (secondary N) is 2. The van der Waals surface area contributed by atoms with Gasteiger partial charge in [0, 0.05) is 45.4 Å². The van der Waals surface area contributed by atoms with Crippen LogP contribution in [0.4, 0.5) is 0 Å². The molecule has 2 saturated heterocycles. The van der Waals surface area contributed by atoms with E-state index in [0.717, 1.165) is 31.7 Å². The molecule has 2 fully saturated rings. The maximum atomic E-state index is 12.9. The van der Waals surface area contributed by atoms with Crippen molar-refractivity contribution in [3.8, 4) is 0 Å². The average Bonchev–Trinajstić information content (AvgIpc) is 3.16. The van der Waals surface area contributed by atoms with Crippen molar-refractivity contribution in [2.75, 3.05) is 46.4 Å². The van der Waals surface area contributed by atoms with Gasteiger partial charge < -0.3 is 15.0 Å². The van der Waals surface area contributed by atoms with E-state index in [1.54, 1.807) is 6.07 Å². The zero-order valence-corrected chi connectivity index (χ0v) is 15.4. The van der Waals surface area contributed by atoms with Crippen molar-refractivity contribution in [3.05, 3.63) is 29.3 Å². The quantitative estimate of drug-likeness (QED) is 0.702. The van der Waals surface area contributed by atoms with Crippen LogP contribution in [0.2, 0.25) is 0 Å². The van der Waals surface area contributed by atoms with Crippen molar-refractivity contribution in [1.29, 1.82) is 0 Å². The Morgan fingerprint density at radius 2 is 2.00 bits per heavy atom. The van der Waals surface area contributed by atoms with Crippen LogP contribution >= 0.6 is 0 Å². The molecule has 1 aromatic carbocycles. The molecule has 2 aliphatic heterocycles. The van der Waals surface area contributed by atoms with Crippen LogP contribution in [-0.4, -0.2) is 65.7 Å². The molecule has 1 amide bonds. The molecule has 0 spiro atoms. The fraction of sp³-hybridized carbons (Fsp3) is 0.588. The van der Waals surface area contributed by atoms with Gasteiger partial charge >= 0.3 is 0 Å². The standard InChI is InChI=1S/C17H25N3O4S/c1-12-3-4-15(25(22,23)19-5-6-24-2)7-16(12)17(21)20-10-13-8-18-9-14(13)11-20/h3-4,7,13-14,18-19H,5-6,8-11H2,1-2H3/t13-,14+. The van der Waals surface area contributed by atoms with Crippen LogP contribution in [0.1, 0.15) is 15.9 Å².